The zero-order valence-electron chi connectivity index (χ0n) is 18.8. The molecular formula is C21H32N6O3S. The molecule has 0 saturated carbocycles. The zero-order chi connectivity index (χ0) is 22.6. The molecule has 10 heteroatoms. The molecule has 0 radical (unpaired) electrons. The molecule has 0 bridgehead atoms. The summed E-state index contributed by atoms with van der Waals surface area (Å²) in [5.41, 5.74) is -0.426. The lowest BCUT2D eigenvalue weighted by Crippen LogP contribution is -2.49. The van der Waals surface area contributed by atoms with Gasteiger partial charge in [-0.1, -0.05) is 18.7 Å². The highest BCUT2D eigenvalue weighted by atomic mass is 32.2. The number of piperidine rings is 1. The normalized spacial score (nSPS) is 18.0. The van der Waals surface area contributed by atoms with Crippen LogP contribution in [0.15, 0.2) is 28.0 Å². The van der Waals surface area contributed by atoms with Crippen molar-refractivity contribution in [1.82, 2.24) is 25.4 Å². The molecule has 3 amide bonds. The van der Waals surface area contributed by atoms with Gasteiger partial charge in [-0.15, -0.1) is 10.2 Å². The first-order chi connectivity index (χ1) is 14.6. The highest BCUT2D eigenvalue weighted by Gasteiger charge is 2.27. The minimum atomic E-state index is -0.529. The average Bonchev–Trinajstić information content (AvgIpc) is 3.31. The summed E-state index contributed by atoms with van der Waals surface area (Å²) in [5, 5.41) is 14.0. The predicted octanol–water partition coefficient (Wildman–Crippen LogP) is 3.26. The van der Waals surface area contributed by atoms with Crippen molar-refractivity contribution in [2.24, 2.45) is 5.92 Å². The Labute approximate surface area is 187 Å². The Kier molecular flexibility index (Phi) is 7.30. The minimum Gasteiger partial charge on any atom is -0.467 e. The average molecular weight is 449 g/mol. The van der Waals surface area contributed by atoms with Crippen molar-refractivity contribution >= 4 is 29.6 Å². The van der Waals surface area contributed by atoms with Crippen LogP contribution in [0.3, 0.4) is 0 Å². The van der Waals surface area contributed by atoms with Gasteiger partial charge in [0.15, 0.2) is 5.16 Å². The summed E-state index contributed by atoms with van der Waals surface area (Å²) < 4.78 is 7.53. The molecule has 3 rings (SSSR count). The maximum Gasteiger partial charge on any atom is 0.321 e. The molecule has 0 aliphatic carbocycles. The number of amides is 3. The molecule has 9 nitrogen and oxygen atoms in total. The number of hydrogen-bond donors (Lipinski definition) is 2. The second-order valence-corrected chi connectivity index (χ2v) is 10.4. The lowest BCUT2D eigenvalue weighted by atomic mass is 10.0. The van der Waals surface area contributed by atoms with Crippen molar-refractivity contribution in [3.05, 3.63) is 24.2 Å². The van der Waals surface area contributed by atoms with Crippen LogP contribution in [-0.4, -0.2) is 50.6 Å². The van der Waals surface area contributed by atoms with E-state index in [1.54, 1.807) is 13.2 Å². The highest BCUT2D eigenvalue weighted by molar-refractivity contribution is 8.00. The first-order valence-electron chi connectivity index (χ1n) is 10.6. The van der Waals surface area contributed by atoms with Gasteiger partial charge in [0.05, 0.1) is 18.1 Å². The van der Waals surface area contributed by atoms with Gasteiger partial charge in [-0.25, -0.2) is 4.79 Å². The van der Waals surface area contributed by atoms with Gasteiger partial charge in [0.2, 0.25) is 11.9 Å². The number of nitrogens with one attached hydrogen (secondary N) is 2. The van der Waals surface area contributed by atoms with Crippen LogP contribution in [0.25, 0.3) is 0 Å². The van der Waals surface area contributed by atoms with E-state index in [4.69, 9.17) is 4.42 Å². The van der Waals surface area contributed by atoms with E-state index >= 15 is 0 Å². The molecule has 31 heavy (non-hydrogen) atoms. The summed E-state index contributed by atoms with van der Waals surface area (Å²) in [5.74, 6) is 1.77. The predicted molar refractivity (Wildman–Crippen MR) is 120 cm³/mol. The topological polar surface area (TPSA) is 105 Å². The van der Waals surface area contributed by atoms with Gasteiger partial charge < -0.3 is 14.6 Å². The Bertz CT molecular complexity index is 890. The fraction of sp³-hybridized carbons (Fsp3) is 0.619. The van der Waals surface area contributed by atoms with Gasteiger partial charge in [0.1, 0.15) is 5.76 Å². The molecule has 0 spiro atoms. The van der Waals surface area contributed by atoms with E-state index in [9.17, 15) is 9.59 Å². The molecule has 1 saturated heterocycles. The fourth-order valence-electron chi connectivity index (χ4n) is 3.47. The van der Waals surface area contributed by atoms with Gasteiger partial charge >= 0.3 is 6.03 Å². The summed E-state index contributed by atoms with van der Waals surface area (Å²) in [7, 11) is 0. The van der Waals surface area contributed by atoms with E-state index < -0.39 is 16.8 Å². The van der Waals surface area contributed by atoms with Crippen molar-refractivity contribution in [1.29, 1.82) is 0 Å². The van der Waals surface area contributed by atoms with Crippen molar-refractivity contribution in [3.8, 4) is 0 Å². The Morgan fingerprint density at radius 2 is 2.13 bits per heavy atom. The van der Waals surface area contributed by atoms with E-state index in [1.807, 2.05) is 37.5 Å². The number of thioether (sulfide) groups is 1. The molecule has 3 heterocycles. The van der Waals surface area contributed by atoms with Crippen LogP contribution in [0.5, 0.6) is 0 Å². The standard InChI is InChI=1S/C21H32N6O3S/c1-14-8-6-10-26(12-14)19-24-25-20(27(19)13-16-9-7-11-30-16)31-15(2)17(28)22-18(29)23-21(3,4)5/h7,9,11,14-15H,6,8,10,12-13H2,1-5H3,(H2,22,23,28,29)/t14-,15-/m0/s1. The van der Waals surface area contributed by atoms with Crippen molar-refractivity contribution in [3.63, 3.8) is 0 Å². The summed E-state index contributed by atoms with van der Waals surface area (Å²) in [4.78, 5) is 26.8. The number of aromatic nitrogens is 3. The van der Waals surface area contributed by atoms with Crippen LogP contribution in [0.2, 0.25) is 0 Å². The van der Waals surface area contributed by atoms with Gasteiger partial charge in [-0.2, -0.15) is 0 Å². The number of anilines is 1. The Morgan fingerprint density at radius 3 is 2.77 bits per heavy atom. The molecule has 1 fully saturated rings. The van der Waals surface area contributed by atoms with Gasteiger partial charge in [-0.05, 0) is 58.6 Å². The second kappa shape index (κ2) is 9.76. The summed E-state index contributed by atoms with van der Waals surface area (Å²) in [6.07, 6.45) is 3.95. The highest BCUT2D eigenvalue weighted by Crippen LogP contribution is 2.29. The quantitative estimate of drug-likeness (QED) is 0.654. The largest absolute Gasteiger partial charge is 0.467 e. The molecule has 0 unspecified atom stereocenters. The van der Waals surface area contributed by atoms with Crippen molar-refractivity contribution < 1.29 is 14.0 Å². The molecule has 2 N–H and O–H groups in total. The zero-order valence-corrected chi connectivity index (χ0v) is 19.7. The number of carbonyl (C=O) groups is 2. The first-order valence-corrected chi connectivity index (χ1v) is 11.5. The summed E-state index contributed by atoms with van der Waals surface area (Å²) >= 11 is 1.27. The molecule has 0 aromatic carbocycles. The third-order valence-corrected chi connectivity index (χ3v) is 5.99. The smallest absolute Gasteiger partial charge is 0.321 e. The molecule has 2 aromatic heterocycles. The van der Waals surface area contributed by atoms with E-state index in [0.717, 1.165) is 31.2 Å². The van der Waals surface area contributed by atoms with Gasteiger partial charge in [0, 0.05) is 18.6 Å². The van der Waals surface area contributed by atoms with Crippen LogP contribution in [-0.2, 0) is 11.3 Å². The lowest BCUT2D eigenvalue weighted by molar-refractivity contribution is -0.119. The molecule has 1 aliphatic heterocycles. The number of urea groups is 1. The van der Waals surface area contributed by atoms with Crippen LogP contribution in [0.4, 0.5) is 10.7 Å². The van der Waals surface area contributed by atoms with Gasteiger partial charge in [-0.3, -0.25) is 14.7 Å². The van der Waals surface area contributed by atoms with Crippen molar-refractivity contribution in [2.45, 2.75) is 70.0 Å². The Hall–Kier alpha value is -2.49. The molecule has 1 aliphatic rings. The van der Waals surface area contributed by atoms with Crippen LogP contribution >= 0.6 is 11.8 Å². The lowest BCUT2D eigenvalue weighted by Gasteiger charge is -2.31. The molecule has 2 aromatic rings. The van der Waals surface area contributed by atoms with E-state index in [-0.39, 0.29) is 5.91 Å². The van der Waals surface area contributed by atoms with E-state index in [2.05, 4.69) is 32.7 Å². The van der Waals surface area contributed by atoms with Crippen molar-refractivity contribution in [2.75, 3.05) is 18.0 Å². The number of hydrogen-bond acceptors (Lipinski definition) is 7. The summed E-state index contributed by atoms with van der Waals surface area (Å²) in [6.45, 7) is 11.9. The third kappa shape index (κ3) is 6.49. The molecular weight excluding hydrogens is 416 g/mol. The number of nitrogens with zero attached hydrogens (tertiary/aromatic N) is 4. The SMILES string of the molecule is C[C@H]1CCCN(c2nnc(S[C@@H](C)C(=O)NC(=O)NC(C)(C)C)n2Cc2ccco2)C1. The summed E-state index contributed by atoms with van der Waals surface area (Å²) in [6, 6.07) is 3.24. The number of carbonyl (C=O) groups excluding carboxylic acids is 2. The third-order valence-electron chi connectivity index (χ3n) is 4.91. The van der Waals surface area contributed by atoms with E-state index in [1.165, 1.54) is 18.2 Å². The minimum absolute atomic E-state index is 0.382. The van der Waals surface area contributed by atoms with Crippen LogP contribution < -0.4 is 15.5 Å². The fourth-order valence-corrected chi connectivity index (χ4v) is 4.31. The number of imide groups is 1. The molecule has 2 atom stereocenters. The number of rotatable bonds is 6. The van der Waals surface area contributed by atoms with Crippen LogP contribution in [0, 0.1) is 5.92 Å². The Balaban J connectivity index is 1.75. The van der Waals surface area contributed by atoms with Crippen LogP contribution in [0.1, 0.15) is 53.2 Å². The molecule has 170 valence electrons. The maximum atomic E-state index is 12.5. The maximum absolute atomic E-state index is 12.5. The van der Waals surface area contributed by atoms with E-state index in [0.29, 0.717) is 17.6 Å². The van der Waals surface area contributed by atoms with Gasteiger partial charge in [0.25, 0.3) is 0 Å². The second-order valence-electron chi connectivity index (χ2n) is 9.09. The first kappa shape index (κ1) is 23.2. The Morgan fingerprint density at radius 1 is 1.35 bits per heavy atom. The monoisotopic (exact) mass is 448 g/mol. The number of furan rings is 1.